The molecule has 0 aliphatic carbocycles. The van der Waals surface area contributed by atoms with Crippen molar-refractivity contribution in [2.45, 2.75) is 6.67 Å². The van der Waals surface area contributed by atoms with Crippen LogP contribution in [-0.4, -0.2) is 46.0 Å². The van der Waals surface area contributed by atoms with E-state index in [0.717, 1.165) is 18.7 Å². The minimum absolute atomic E-state index is 0.320. The molecule has 2 aromatic heterocycles. The molecule has 0 N–H and O–H groups in total. The zero-order chi connectivity index (χ0) is 13.1. The number of ether oxygens (including phenoxy) is 1. The van der Waals surface area contributed by atoms with Crippen LogP contribution in [0.25, 0.3) is 11.5 Å². The van der Waals surface area contributed by atoms with Gasteiger partial charge in [-0.25, -0.2) is 4.79 Å². The molecule has 0 amide bonds. The quantitative estimate of drug-likeness (QED) is 0.786. The molecule has 100 valence electrons. The van der Waals surface area contributed by atoms with E-state index in [4.69, 9.17) is 9.15 Å². The first-order valence-corrected chi connectivity index (χ1v) is 6.11. The van der Waals surface area contributed by atoms with Crippen LogP contribution in [0.3, 0.4) is 0 Å². The van der Waals surface area contributed by atoms with Crippen LogP contribution in [-0.2, 0) is 11.4 Å². The molecule has 1 aliphatic rings. The standard InChI is InChI=1S/C12H14N4O3/c17-12-16(9-15-5-7-18-8-6-15)14-11(19-12)10-1-3-13-4-2-10/h1-4H,5-9H2. The Hall–Kier alpha value is -1.99. The van der Waals surface area contributed by atoms with Gasteiger partial charge in [0.15, 0.2) is 0 Å². The van der Waals surface area contributed by atoms with Crippen molar-refractivity contribution in [1.82, 2.24) is 19.7 Å². The molecule has 1 aliphatic heterocycles. The van der Waals surface area contributed by atoms with Crippen molar-refractivity contribution in [2.24, 2.45) is 0 Å². The topological polar surface area (TPSA) is 73.4 Å². The summed E-state index contributed by atoms with van der Waals surface area (Å²) in [5.74, 6) is -0.126. The Bertz CT molecular complexity index is 587. The first-order chi connectivity index (χ1) is 9.33. The lowest BCUT2D eigenvalue weighted by atomic mass is 10.3. The van der Waals surface area contributed by atoms with E-state index in [1.807, 2.05) is 0 Å². The summed E-state index contributed by atoms with van der Waals surface area (Å²) in [7, 11) is 0. The molecular weight excluding hydrogens is 248 g/mol. The highest BCUT2D eigenvalue weighted by Crippen LogP contribution is 2.13. The lowest BCUT2D eigenvalue weighted by molar-refractivity contribution is 0.0202. The van der Waals surface area contributed by atoms with E-state index in [1.54, 1.807) is 24.5 Å². The van der Waals surface area contributed by atoms with E-state index < -0.39 is 5.76 Å². The first-order valence-electron chi connectivity index (χ1n) is 6.11. The van der Waals surface area contributed by atoms with Crippen LogP contribution >= 0.6 is 0 Å². The number of rotatable bonds is 3. The highest BCUT2D eigenvalue weighted by molar-refractivity contribution is 5.50. The van der Waals surface area contributed by atoms with Crippen LogP contribution < -0.4 is 5.76 Å². The van der Waals surface area contributed by atoms with E-state index in [-0.39, 0.29) is 0 Å². The van der Waals surface area contributed by atoms with E-state index in [0.29, 0.717) is 25.8 Å². The number of morpholine rings is 1. The molecule has 1 saturated heterocycles. The maximum Gasteiger partial charge on any atom is 0.438 e. The largest absolute Gasteiger partial charge is 0.438 e. The van der Waals surface area contributed by atoms with Gasteiger partial charge in [-0.15, -0.1) is 5.10 Å². The molecule has 2 aromatic rings. The van der Waals surface area contributed by atoms with Crippen molar-refractivity contribution in [3.05, 3.63) is 35.1 Å². The van der Waals surface area contributed by atoms with E-state index in [1.165, 1.54) is 4.68 Å². The number of pyridine rings is 1. The average molecular weight is 262 g/mol. The maximum absolute atomic E-state index is 11.7. The zero-order valence-corrected chi connectivity index (χ0v) is 10.4. The number of hydrogen-bond donors (Lipinski definition) is 0. The fourth-order valence-electron chi connectivity index (χ4n) is 1.94. The number of aromatic nitrogens is 3. The molecule has 7 heteroatoms. The fourth-order valence-corrected chi connectivity index (χ4v) is 1.94. The van der Waals surface area contributed by atoms with Gasteiger partial charge in [0.25, 0.3) is 0 Å². The summed E-state index contributed by atoms with van der Waals surface area (Å²) >= 11 is 0. The first kappa shape index (κ1) is 12.1. The molecule has 0 saturated carbocycles. The molecule has 0 bridgehead atoms. The highest BCUT2D eigenvalue weighted by Gasteiger charge is 2.15. The molecule has 0 spiro atoms. The van der Waals surface area contributed by atoms with Gasteiger partial charge in [0.05, 0.1) is 13.2 Å². The molecule has 3 heterocycles. The summed E-state index contributed by atoms with van der Waals surface area (Å²) in [6, 6.07) is 3.51. The fraction of sp³-hybridized carbons (Fsp3) is 0.417. The monoisotopic (exact) mass is 262 g/mol. The van der Waals surface area contributed by atoms with Crippen LogP contribution in [0.15, 0.2) is 33.7 Å². The van der Waals surface area contributed by atoms with Crippen molar-refractivity contribution in [2.75, 3.05) is 26.3 Å². The number of nitrogens with zero attached hydrogens (tertiary/aromatic N) is 4. The molecule has 3 rings (SSSR count). The normalized spacial score (nSPS) is 16.6. The van der Waals surface area contributed by atoms with Gasteiger partial charge in [-0.05, 0) is 12.1 Å². The smallest absolute Gasteiger partial charge is 0.388 e. The Balaban J connectivity index is 1.79. The number of hydrogen-bond acceptors (Lipinski definition) is 6. The Morgan fingerprint density at radius 3 is 2.68 bits per heavy atom. The third kappa shape index (κ3) is 2.72. The molecule has 0 radical (unpaired) electrons. The molecular formula is C12H14N4O3. The summed E-state index contributed by atoms with van der Waals surface area (Å²) in [5.41, 5.74) is 0.743. The minimum Gasteiger partial charge on any atom is -0.388 e. The predicted molar refractivity (Wildman–Crippen MR) is 66.4 cm³/mol. The van der Waals surface area contributed by atoms with Gasteiger partial charge >= 0.3 is 5.76 Å². The van der Waals surface area contributed by atoms with Crippen LogP contribution in [0.5, 0.6) is 0 Å². The minimum atomic E-state index is -0.446. The average Bonchev–Trinajstić information content (AvgIpc) is 2.82. The van der Waals surface area contributed by atoms with Gasteiger partial charge in [0.1, 0.15) is 6.67 Å². The summed E-state index contributed by atoms with van der Waals surface area (Å²) in [6.07, 6.45) is 3.27. The maximum atomic E-state index is 11.7. The van der Waals surface area contributed by atoms with E-state index in [9.17, 15) is 4.79 Å². The Kier molecular flexibility index (Phi) is 3.39. The Morgan fingerprint density at radius 1 is 1.21 bits per heavy atom. The molecule has 7 nitrogen and oxygen atoms in total. The SMILES string of the molecule is O=c1oc(-c2ccncc2)nn1CN1CCOCC1. The summed E-state index contributed by atoms with van der Waals surface area (Å²) in [4.78, 5) is 17.8. The van der Waals surface area contributed by atoms with Crippen molar-refractivity contribution in [3.8, 4) is 11.5 Å². The van der Waals surface area contributed by atoms with Crippen LogP contribution in [0, 0.1) is 0 Å². The van der Waals surface area contributed by atoms with Crippen molar-refractivity contribution < 1.29 is 9.15 Å². The van der Waals surface area contributed by atoms with Gasteiger partial charge in [-0.2, -0.15) is 4.68 Å². The van der Waals surface area contributed by atoms with Gasteiger partial charge in [-0.3, -0.25) is 9.88 Å². The van der Waals surface area contributed by atoms with Crippen molar-refractivity contribution in [3.63, 3.8) is 0 Å². The Morgan fingerprint density at radius 2 is 1.95 bits per heavy atom. The van der Waals surface area contributed by atoms with E-state index in [2.05, 4.69) is 15.0 Å². The third-order valence-corrected chi connectivity index (χ3v) is 2.97. The van der Waals surface area contributed by atoms with Gasteiger partial charge in [-0.1, -0.05) is 0 Å². The summed E-state index contributed by atoms with van der Waals surface area (Å²) in [6.45, 7) is 3.39. The van der Waals surface area contributed by atoms with Crippen molar-refractivity contribution in [1.29, 1.82) is 0 Å². The third-order valence-electron chi connectivity index (χ3n) is 2.97. The Labute approximate surface area is 109 Å². The van der Waals surface area contributed by atoms with Crippen LogP contribution in [0.2, 0.25) is 0 Å². The molecule has 19 heavy (non-hydrogen) atoms. The second-order valence-corrected chi connectivity index (χ2v) is 4.28. The van der Waals surface area contributed by atoms with E-state index >= 15 is 0 Å². The second kappa shape index (κ2) is 5.33. The van der Waals surface area contributed by atoms with Crippen LogP contribution in [0.1, 0.15) is 0 Å². The second-order valence-electron chi connectivity index (χ2n) is 4.28. The molecule has 0 atom stereocenters. The van der Waals surface area contributed by atoms with Crippen molar-refractivity contribution >= 4 is 0 Å². The molecule has 0 aromatic carbocycles. The lowest BCUT2D eigenvalue weighted by Gasteiger charge is -2.25. The summed E-state index contributed by atoms with van der Waals surface area (Å²) in [5, 5.41) is 4.20. The van der Waals surface area contributed by atoms with Gasteiger partial charge in [0, 0.05) is 31.0 Å². The molecule has 0 unspecified atom stereocenters. The van der Waals surface area contributed by atoms with Crippen LogP contribution in [0.4, 0.5) is 0 Å². The summed E-state index contributed by atoms with van der Waals surface area (Å²) < 4.78 is 11.7. The predicted octanol–water partition coefficient (Wildman–Crippen LogP) is 0.188. The highest BCUT2D eigenvalue weighted by atomic mass is 16.5. The lowest BCUT2D eigenvalue weighted by Crippen LogP contribution is -2.39. The van der Waals surface area contributed by atoms with Gasteiger partial charge in [0.2, 0.25) is 5.89 Å². The zero-order valence-electron chi connectivity index (χ0n) is 10.4. The molecule has 1 fully saturated rings. The van der Waals surface area contributed by atoms with Gasteiger partial charge < -0.3 is 9.15 Å².